The fourth-order valence-electron chi connectivity index (χ4n) is 4.52. The summed E-state index contributed by atoms with van der Waals surface area (Å²) in [5, 5.41) is 83.9. The van der Waals surface area contributed by atoms with E-state index in [-0.39, 0.29) is 5.57 Å². The summed E-state index contributed by atoms with van der Waals surface area (Å²) in [6, 6.07) is 8.03. The van der Waals surface area contributed by atoms with Crippen LogP contribution in [0.3, 0.4) is 0 Å². The highest BCUT2D eigenvalue weighted by atomic mass is 16.8. The van der Waals surface area contributed by atoms with Gasteiger partial charge in [0.15, 0.2) is 5.60 Å². The van der Waals surface area contributed by atoms with Gasteiger partial charge in [-0.3, -0.25) is 4.79 Å². The van der Waals surface area contributed by atoms with Crippen molar-refractivity contribution in [2.45, 2.75) is 67.1 Å². The topological polar surface area (TPSA) is 207 Å². The molecular weight excluding hydrogens is 468 g/mol. The van der Waals surface area contributed by atoms with Crippen LogP contribution in [0.15, 0.2) is 42.5 Å². The SMILES string of the molecule is C=C(C)C(=O)[C@@]1(OC2(CO)O[C@H](CO)[C@@H](O)[C@@H]2O)O[C@H](CO)[C@@H](O)[C@H](O)[C@]1(O)Cc1ccccc1. The zero-order valence-corrected chi connectivity index (χ0v) is 19.1. The molecule has 2 heterocycles. The maximum absolute atomic E-state index is 13.6. The zero-order chi connectivity index (χ0) is 26.2. The number of benzene rings is 1. The van der Waals surface area contributed by atoms with E-state index in [4.69, 9.17) is 14.2 Å². The van der Waals surface area contributed by atoms with E-state index in [2.05, 4.69) is 6.58 Å². The van der Waals surface area contributed by atoms with Crippen LogP contribution in [-0.4, -0.2) is 120 Å². The molecule has 0 saturated carbocycles. The summed E-state index contributed by atoms with van der Waals surface area (Å²) >= 11 is 0. The van der Waals surface area contributed by atoms with E-state index in [0.717, 1.165) is 0 Å². The number of ether oxygens (including phenoxy) is 3. The molecule has 9 atom stereocenters. The Kier molecular flexibility index (Phi) is 8.16. The van der Waals surface area contributed by atoms with E-state index in [9.17, 15) is 45.6 Å². The van der Waals surface area contributed by atoms with Crippen LogP contribution in [0.1, 0.15) is 12.5 Å². The molecule has 0 aliphatic carbocycles. The Morgan fingerprint density at radius 2 is 1.51 bits per heavy atom. The molecule has 0 bridgehead atoms. The lowest BCUT2D eigenvalue weighted by molar-refractivity contribution is -0.439. The summed E-state index contributed by atoms with van der Waals surface area (Å²) < 4.78 is 16.9. The molecule has 3 rings (SSSR count). The molecule has 2 saturated heterocycles. The molecule has 1 unspecified atom stereocenters. The Morgan fingerprint density at radius 3 is 2.00 bits per heavy atom. The fraction of sp³-hybridized carbons (Fsp3) is 0.609. The van der Waals surface area contributed by atoms with Gasteiger partial charge in [0.05, 0.1) is 13.2 Å². The smallest absolute Gasteiger partial charge is 0.269 e. The number of ketones is 1. The second-order valence-corrected chi connectivity index (χ2v) is 8.93. The van der Waals surface area contributed by atoms with Crippen molar-refractivity contribution in [1.29, 1.82) is 0 Å². The van der Waals surface area contributed by atoms with Crippen LogP contribution in [-0.2, 0) is 25.4 Å². The summed E-state index contributed by atoms with van der Waals surface area (Å²) in [5.41, 5.74) is -2.69. The fourth-order valence-corrected chi connectivity index (χ4v) is 4.52. The molecule has 2 aliphatic heterocycles. The summed E-state index contributed by atoms with van der Waals surface area (Å²) in [5.74, 6) is -6.81. The Hall–Kier alpha value is -1.81. The Balaban J connectivity index is 2.24. The first-order valence-electron chi connectivity index (χ1n) is 11.0. The van der Waals surface area contributed by atoms with Crippen molar-refractivity contribution in [3.05, 3.63) is 48.0 Å². The highest BCUT2D eigenvalue weighted by Crippen LogP contribution is 2.48. The van der Waals surface area contributed by atoms with Crippen molar-refractivity contribution in [1.82, 2.24) is 0 Å². The van der Waals surface area contributed by atoms with E-state index >= 15 is 0 Å². The normalized spacial score (nSPS) is 41.6. The molecule has 12 nitrogen and oxygen atoms in total. The van der Waals surface area contributed by atoms with E-state index in [1.165, 1.54) is 6.92 Å². The summed E-state index contributed by atoms with van der Waals surface area (Å²) in [7, 11) is 0. The van der Waals surface area contributed by atoms with Gasteiger partial charge in [-0.15, -0.1) is 0 Å². The van der Waals surface area contributed by atoms with Gasteiger partial charge in [-0.2, -0.15) is 0 Å². The minimum absolute atomic E-state index is 0.253. The molecule has 2 aliphatic rings. The molecule has 12 heteroatoms. The molecule has 0 aromatic heterocycles. The van der Waals surface area contributed by atoms with Gasteiger partial charge in [0, 0.05) is 6.42 Å². The third kappa shape index (κ3) is 4.45. The Bertz CT molecular complexity index is 911. The molecule has 1 aromatic rings. The number of hydrogen-bond acceptors (Lipinski definition) is 12. The van der Waals surface area contributed by atoms with Crippen molar-refractivity contribution in [2.75, 3.05) is 19.8 Å². The van der Waals surface area contributed by atoms with E-state index in [1.54, 1.807) is 30.3 Å². The first-order chi connectivity index (χ1) is 16.4. The van der Waals surface area contributed by atoms with Gasteiger partial charge in [0.25, 0.3) is 5.79 Å². The average Bonchev–Trinajstić information content (AvgIpc) is 3.09. The van der Waals surface area contributed by atoms with Crippen molar-refractivity contribution in [3.8, 4) is 0 Å². The molecular formula is C23H32O12. The minimum atomic E-state index is -3.02. The molecule has 196 valence electrons. The first kappa shape index (κ1) is 27.8. The standard InChI is InChI=1S/C23H32O12/c1-12(2)18(29)23(35-22(11-26)20(31)17(28)14(9-24)33-22)21(32,8-13-6-4-3-5-7-13)19(30)16(27)15(10-25)34-23/h3-7,14-17,19-20,24-28,30-32H,1,8-11H2,2H3/t14-,15-,16-,17-,19+,20+,21-,22?,23+/m1/s1. The largest absolute Gasteiger partial charge is 0.394 e. The minimum Gasteiger partial charge on any atom is -0.394 e. The second-order valence-electron chi connectivity index (χ2n) is 8.93. The molecule has 8 N–H and O–H groups in total. The molecule has 0 amide bonds. The van der Waals surface area contributed by atoms with Crippen LogP contribution in [0.25, 0.3) is 0 Å². The van der Waals surface area contributed by atoms with Crippen molar-refractivity contribution in [3.63, 3.8) is 0 Å². The van der Waals surface area contributed by atoms with E-state index < -0.39 is 85.8 Å². The predicted octanol–water partition coefficient (Wildman–Crippen LogP) is -3.27. The van der Waals surface area contributed by atoms with Crippen LogP contribution in [0.5, 0.6) is 0 Å². The maximum Gasteiger partial charge on any atom is 0.269 e. The maximum atomic E-state index is 13.6. The highest BCUT2D eigenvalue weighted by Gasteiger charge is 2.72. The monoisotopic (exact) mass is 500 g/mol. The highest BCUT2D eigenvalue weighted by molar-refractivity contribution is 6.01. The van der Waals surface area contributed by atoms with Gasteiger partial charge >= 0.3 is 0 Å². The van der Waals surface area contributed by atoms with Crippen LogP contribution >= 0.6 is 0 Å². The summed E-state index contributed by atoms with van der Waals surface area (Å²) in [6.07, 6.45) is -11.6. The van der Waals surface area contributed by atoms with Gasteiger partial charge in [0.2, 0.25) is 11.6 Å². The number of carbonyl (C=O) groups is 1. The molecule has 1 aromatic carbocycles. The second kappa shape index (κ2) is 10.3. The lowest BCUT2D eigenvalue weighted by atomic mass is 9.73. The molecule has 0 radical (unpaired) electrons. The van der Waals surface area contributed by atoms with E-state index in [1.807, 2.05) is 0 Å². The van der Waals surface area contributed by atoms with Crippen LogP contribution < -0.4 is 0 Å². The van der Waals surface area contributed by atoms with Crippen LogP contribution in [0.4, 0.5) is 0 Å². The van der Waals surface area contributed by atoms with Gasteiger partial charge in [-0.25, -0.2) is 0 Å². The predicted molar refractivity (Wildman–Crippen MR) is 116 cm³/mol. The van der Waals surface area contributed by atoms with Gasteiger partial charge < -0.3 is 55.1 Å². The van der Waals surface area contributed by atoms with Gasteiger partial charge in [-0.05, 0) is 18.1 Å². The lowest BCUT2D eigenvalue weighted by Crippen LogP contribution is -2.79. The van der Waals surface area contributed by atoms with Crippen LogP contribution in [0.2, 0.25) is 0 Å². The quantitative estimate of drug-likeness (QED) is 0.157. The average molecular weight is 500 g/mol. The molecule has 35 heavy (non-hydrogen) atoms. The number of Topliss-reactive ketones (excluding diaryl/α,β-unsaturated/α-hetero) is 1. The molecule has 0 spiro atoms. The molecule has 2 fully saturated rings. The number of hydrogen-bond donors (Lipinski definition) is 8. The van der Waals surface area contributed by atoms with Gasteiger partial charge in [-0.1, -0.05) is 36.9 Å². The third-order valence-electron chi connectivity index (χ3n) is 6.49. The van der Waals surface area contributed by atoms with Gasteiger partial charge in [0.1, 0.15) is 43.2 Å². The van der Waals surface area contributed by atoms with Crippen LogP contribution in [0, 0.1) is 0 Å². The Labute approximate surface area is 201 Å². The number of aliphatic hydroxyl groups excluding tert-OH is 7. The number of carbonyl (C=O) groups excluding carboxylic acids is 1. The summed E-state index contributed by atoms with van der Waals surface area (Å²) in [6.45, 7) is 1.87. The lowest BCUT2D eigenvalue weighted by Gasteiger charge is -2.56. The number of rotatable bonds is 9. The zero-order valence-electron chi connectivity index (χ0n) is 19.1. The first-order valence-corrected chi connectivity index (χ1v) is 11.0. The van der Waals surface area contributed by atoms with Crippen molar-refractivity contribution >= 4 is 5.78 Å². The van der Waals surface area contributed by atoms with E-state index in [0.29, 0.717) is 5.56 Å². The summed E-state index contributed by atoms with van der Waals surface area (Å²) in [4.78, 5) is 13.6. The van der Waals surface area contributed by atoms with Crippen molar-refractivity contribution < 1.29 is 59.9 Å². The number of aliphatic hydroxyl groups is 8. The Morgan fingerprint density at radius 1 is 0.971 bits per heavy atom. The van der Waals surface area contributed by atoms with Crippen molar-refractivity contribution in [2.24, 2.45) is 0 Å². The third-order valence-corrected chi connectivity index (χ3v) is 6.49.